The van der Waals surface area contributed by atoms with Gasteiger partial charge < -0.3 is 4.90 Å². The number of halogens is 1. The van der Waals surface area contributed by atoms with Crippen LogP contribution in [0.25, 0.3) is 0 Å². The highest BCUT2D eigenvalue weighted by molar-refractivity contribution is 5.99. The number of nitrogens with zero attached hydrogens (tertiary/aromatic N) is 1. The Bertz CT molecular complexity index is 316. The maximum atomic E-state index is 12.8. The van der Waals surface area contributed by atoms with Crippen molar-refractivity contribution in [3.8, 4) is 0 Å². The average molecular weight is 211 g/mol. The molecule has 1 heterocycles. The normalized spacial score (nSPS) is 16.5. The van der Waals surface area contributed by atoms with E-state index in [1.54, 1.807) is 11.9 Å². The molecule has 3 heteroatoms. The Labute approximate surface area is 90.8 Å². The van der Waals surface area contributed by atoms with Gasteiger partial charge in [-0.05, 0) is 24.6 Å². The van der Waals surface area contributed by atoms with Crippen LogP contribution in [0.2, 0.25) is 0 Å². The molecule has 0 unspecified atom stereocenters. The van der Waals surface area contributed by atoms with Crippen LogP contribution < -0.4 is 0 Å². The number of hydrogen-bond acceptors (Lipinski definition) is 1. The molecule has 0 fully saturated rings. The van der Waals surface area contributed by atoms with Crippen molar-refractivity contribution < 1.29 is 9.18 Å². The Kier molecular flexibility index (Phi) is 5.60. The minimum atomic E-state index is -0.474. The van der Waals surface area contributed by atoms with Crippen LogP contribution >= 0.6 is 0 Å². The second-order valence-corrected chi connectivity index (χ2v) is 3.09. The zero-order valence-electron chi connectivity index (χ0n) is 9.80. The first-order valence-electron chi connectivity index (χ1n) is 5.01. The number of likely N-dealkylation sites (N-methyl/N-ethyl adjacent to an activating group) is 1. The zero-order valence-corrected chi connectivity index (χ0v) is 9.80. The summed E-state index contributed by atoms with van der Waals surface area (Å²) in [5.74, 6) is -0.604. The monoisotopic (exact) mass is 211 g/mol. The largest absolute Gasteiger partial charge is 0.338 e. The summed E-state index contributed by atoms with van der Waals surface area (Å²) in [7, 11) is 1.69. The van der Waals surface area contributed by atoms with Crippen LogP contribution in [-0.2, 0) is 4.79 Å². The molecule has 1 aliphatic heterocycles. The van der Waals surface area contributed by atoms with Gasteiger partial charge in [0.1, 0.15) is 5.83 Å². The molecule has 1 amide bonds. The van der Waals surface area contributed by atoms with Crippen LogP contribution in [0.3, 0.4) is 0 Å². The number of allylic oxidation sites excluding steroid dienone is 2. The lowest BCUT2D eigenvalue weighted by Crippen LogP contribution is -2.21. The van der Waals surface area contributed by atoms with Gasteiger partial charge in [0.15, 0.2) is 0 Å². The van der Waals surface area contributed by atoms with E-state index in [9.17, 15) is 9.18 Å². The molecule has 15 heavy (non-hydrogen) atoms. The second-order valence-electron chi connectivity index (χ2n) is 3.09. The molecule has 2 nitrogen and oxygen atoms in total. The van der Waals surface area contributed by atoms with Crippen LogP contribution in [0.4, 0.5) is 4.39 Å². The highest BCUT2D eigenvalue weighted by Crippen LogP contribution is 2.19. The molecule has 0 aromatic heterocycles. The van der Waals surface area contributed by atoms with E-state index in [-0.39, 0.29) is 5.91 Å². The zero-order chi connectivity index (χ0) is 12.0. The van der Waals surface area contributed by atoms with E-state index in [2.05, 4.69) is 6.58 Å². The SMILES string of the molecule is C=C/C(F)=C\C1=C(C)CN(C)C1=O.CC. The van der Waals surface area contributed by atoms with Gasteiger partial charge in [-0.3, -0.25) is 4.79 Å². The summed E-state index contributed by atoms with van der Waals surface area (Å²) in [4.78, 5) is 12.9. The molecule has 0 saturated heterocycles. The quantitative estimate of drug-likeness (QED) is 0.643. The van der Waals surface area contributed by atoms with Crippen LogP contribution in [0.5, 0.6) is 0 Å². The molecule has 0 N–H and O–H groups in total. The van der Waals surface area contributed by atoms with Gasteiger partial charge in [0.05, 0.1) is 0 Å². The summed E-state index contributed by atoms with van der Waals surface area (Å²) in [5, 5.41) is 0. The third-order valence-electron chi connectivity index (χ3n) is 1.99. The number of carbonyl (C=O) groups is 1. The lowest BCUT2D eigenvalue weighted by molar-refractivity contribution is -0.124. The van der Waals surface area contributed by atoms with E-state index in [1.807, 2.05) is 20.8 Å². The van der Waals surface area contributed by atoms with Gasteiger partial charge in [0, 0.05) is 19.2 Å². The molecule has 0 spiro atoms. The number of rotatable bonds is 2. The Hall–Kier alpha value is -1.38. The second kappa shape index (κ2) is 6.17. The lowest BCUT2D eigenvalue weighted by atomic mass is 10.1. The van der Waals surface area contributed by atoms with Crippen molar-refractivity contribution in [2.75, 3.05) is 13.6 Å². The summed E-state index contributed by atoms with van der Waals surface area (Å²) >= 11 is 0. The standard InChI is InChI=1S/C10H12FNO.C2H6/c1-4-8(11)5-9-7(2)6-12(3)10(9)13;1-2/h4-5H,1,6H2,2-3H3;1-2H3/b8-5+;. The van der Waals surface area contributed by atoms with Gasteiger partial charge in [0.2, 0.25) is 0 Å². The predicted molar refractivity (Wildman–Crippen MR) is 61.1 cm³/mol. The van der Waals surface area contributed by atoms with Gasteiger partial charge in [-0.15, -0.1) is 0 Å². The summed E-state index contributed by atoms with van der Waals surface area (Å²) in [6.07, 6.45) is 2.32. The summed E-state index contributed by atoms with van der Waals surface area (Å²) in [5.41, 5.74) is 1.34. The van der Waals surface area contributed by atoms with Gasteiger partial charge in [-0.1, -0.05) is 20.4 Å². The molecule has 0 bridgehead atoms. The molecular formula is C12H18FNO. The highest BCUT2D eigenvalue weighted by atomic mass is 19.1. The molecule has 1 aliphatic rings. The maximum Gasteiger partial charge on any atom is 0.253 e. The maximum absolute atomic E-state index is 12.8. The van der Waals surface area contributed by atoms with E-state index in [0.717, 1.165) is 11.6 Å². The Balaban J connectivity index is 0.000000921. The Morgan fingerprint density at radius 3 is 2.40 bits per heavy atom. The Morgan fingerprint density at radius 1 is 1.53 bits per heavy atom. The number of amides is 1. The van der Waals surface area contributed by atoms with Gasteiger partial charge in [-0.25, -0.2) is 4.39 Å². The fourth-order valence-electron chi connectivity index (χ4n) is 1.28. The molecule has 0 aromatic rings. The van der Waals surface area contributed by atoms with Gasteiger partial charge in [-0.2, -0.15) is 0 Å². The van der Waals surface area contributed by atoms with Crippen molar-refractivity contribution in [3.05, 3.63) is 35.7 Å². The van der Waals surface area contributed by atoms with E-state index in [0.29, 0.717) is 12.1 Å². The third kappa shape index (κ3) is 3.35. The molecule has 0 atom stereocenters. The molecule has 0 aliphatic carbocycles. The van der Waals surface area contributed by atoms with Crippen molar-refractivity contribution >= 4 is 5.91 Å². The molecule has 0 radical (unpaired) electrons. The highest BCUT2D eigenvalue weighted by Gasteiger charge is 2.23. The van der Waals surface area contributed by atoms with Crippen molar-refractivity contribution in [1.82, 2.24) is 4.90 Å². The molecule has 1 rings (SSSR count). The predicted octanol–water partition coefficient (Wildman–Crippen LogP) is 2.84. The molecular weight excluding hydrogens is 193 g/mol. The summed E-state index contributed by atoms with van der Waals surface area (Å²) in [6.45, 7) is 9.68. The summed E-state index contributed by atoms with van der Waals surface area (Å²) in [6, 6.07) is 0. The smallest absolute Gasteiger partial charge is 0.253 e. The third-order valence-corrected chi connectivity index (χ3v) is 1.99. The minimum absolute atomic E-state index is 0.130. The van der Waals surface area contributed by atoms with Gasteiger partial charge in [0.25, 0.3) is 5.91 Å². The first-order valence-corrected chi connectivity index (χ1v) is 5.01. The van der Waals surface area contributed by atoms with Crippen molar-refractivity contribution in [3.63, 3.8) is 0 Å². The minimum Gasteiger partial charge on any atom is -0.338 e. The van der Waals surface area contributed by atoms with Crippen molar-refractivity contribution in [2.45, 2.75) is 20.8 Å². The van der Waals surface area contributed by atoms with E-state index < -0.39 is 5.83 Å². The van der Waals surface area contributed by atoms with Crippen LogP contribution in [0.15, 0.2) is 35.7 Å². The van der Waals surface area contributed by atoms with Crippen molar-refractivity contribution in [1.29, 1.82) is 0 Å². The first-order chi connectivity index (χ1) is 7.06. The van der Waals surface area contributed by atoms with Crippen molar-refractivity contribution in [2.24, 2.45) is 0 Å². The summed E-state index contributed by atoms with van der Waals surface area (Å²) < 4.78 is 12.8. The van der Waals surface area contributed by atoms with Crippen LogP contribution in [-0.4, -0.2) is 24.4 Å². The Morgan fingerprint density at radius 2 is 2.07 bits per heavy atom. The average Bonchev–Trinajstić information content (AvgIpc) is 2.48. The molecule has 0 saturated carbocycles. The van der Waals surface area contributed by atoms with Crippen LogP contribution in [0.1, 0.15) is 20.8 Å². The van der Waals surface area contributed by atoms with Crippen LogP contribution in [0, 0.1) is 0 Å². The fourth-order valence-corrected chi connectivity index (χ4v) is 1.28. The molecule has 0 aromatic carbocycles. The topological polar surface area (TPSA) is 20.3 Å². The molecule has 84 valence electrons. The lowest BCUT2D eigenvalue weighted by Gasteiger charge is -2.06. The number of carbonyl (C=O) groups excluding carboxylic acids is 1. The first kappa shape index (κ1) is 13.6. The van der Waals surface area contributed by atoms with E-state index in [1.165, 1.54) is 6.08 Å². The van der Waals surface area contributed by atoms with E-state index >= 15 is 0 Å². The fraction of sp³-hybridized carbons (Fsp3) is 0.417. The number of hydrogen-bond donors (Lipinski definition) is 0. The van der Waals surface area contributed by atoms with E-state index in [4.69, 9.17) is 0 Å². The van der Waals surface area contributed by atoms with Gasteiger partial charge >= 0.3 is 0 Å².